The highest BCUT2D eigenvalue weighted by molar-refractivity contribution is 4.78. The van der Waals surface area contributed by atoms with Gasteiger partial charge in [-0.25, -0.2) is 0 Å². The van der Waals surface area contributed by atoms with Gasteiger partial charge in [-0.2, -0.15) is 0 Å². The molecule has 0 spiro atoms. The zero-order valence-corrected chi connectivity index (χ0v) is 9.50. The molecule has 1 aliphatic heterocycles. The molecule has 0 radical (unpaired) electrons. The Labute approximate surface area is 87.5 Å². The summed E-state index contributed by atoms with van der Waals surface area (Å²) in [5, 5.41) is 12.5. The first-order valence-electron chi connectivity index (χ1n) is 5.79. The molecule has 0 aromatic heterocycles. The summed E-state index contributed by atoms with van der Waals surface area (Å²) in [5.41, 5.74) is 0. The summed E-state index contributed by atoms with van der Waals surface area (Å²) >= 11 is 0. The Kier molecular flexibility index (Phi) is 5.45. The lowest BCUT2D eigenvalue weighted by atomic mass is 10.1. The van der Waals surface area contributed by atoms with Crippen LogP contribution in [0.15, 0.2) is 0 Å². The van der Waals surface area contributed by atoms with Crippen molar-refractivity contribution in [3.63, 3.8) is 0 Å². The number of hydrogen-bond donors (Lipinski definition) is 2. The van der Waals surface area contributed by atoms with Gasteiger partial charge < -0.3 is 10.4 Å². The van der Waals surface area contributed by atoms with Crippen LogP contribution in [0.1, 0.15) is 26.7 Å². The Hall–Kier alpha value is -0.120. The van der Waals surface area contributed by atoms with Crippen molar-refractivity contribution in [1.29, 1.82) is 0 Å². The maximum Gasteiger partial charge on any atom is 0.0558 e. The van der Waals surface area contributed by atoms with E-state index in [4.69, 9.17) is 5.11 Å². The molecule has 1 rings (SSSR count). The minimum Gasteiger partial charge on any atom is -0.395 e. The SMILES string of the molecule is CC(C)CN(CCO)CC1CCCN1. The molecule has 0 aliphatic carbocycles. The first-order chi connectivity index (χ1) is 6.72. The number of aliphatic hydroxyl groups excluding tert-OH is 1. The lowest BCUT2D eigenvalue weighted by molar-refractivity contribution is 0.171. The van der Waals surface area contributed by atoms with Crippen LogP contribution in [0.5, 0.6) is 0 Å². The fourth-order valence-electron chi connectivity index (χ4n) is 2.14. The topological polar surface area (TPSA) is 35.5 Å². The molecule has 2 N–H and O–H groups in total. The third kappa shape index (κ3) is 4.40. The Balaban J connectivity index is 2.25. The number of nitrogens with zero attached hydrogens (tertiary/aromatic N) is 1. The molecule has 1 fully saturated rings. The molecule has 3 nitrogen and oxygen atoms in total. The zero-order valence-electron chi connectivity index (χ0n) is 9.50. The van der Waals surface area contributed by atoms with Crippen molar-refractivity contribution in [2.45, 2.75) is 32.7 Å². The van der Waals surface area contributed by atoms with Gasteiger partial charge in [-0.3, -0.25) is 4.90 Å². The van der Waals surface area contributed by atoms with Gasteiger partial charge >= 0.3 is 0 Å². The van der Waals surface area contributed by atoms with Crippen molar-refractivity contribution < 1.29 is 5.11 Å². The third-order valence-corrected chi connectivity index (χ3v) is 2.68. The van der Waals surface area contributed by atoms with Crippen LogP contribution in [-0.4, -0.2) is 48.8 Å². The molecule has 0 aromatic rings. The van der Waals surface area contributed by atoms with Gasteiger partial charge in [0.05, 0.1) is 6.61 Å². The van der Waals surface area contributed by atoms with Crippen LogP contribution >= 0.6 is 0 Å². The largest absolute Gasteiger partial charge is 0.395 e. The van der Waals surface area contributed by atoms with Crippen molar-refractivity contribution >= 4 is 0 Å². The lowest BCUT2D eigenvalue weighted by Crippen LogP contribution is -2.40. The standard InChI is InChI=1S/C11H24N2O/c1-10(2)8-13(6-7-14)9-11-4-3-5-12-11/h10-12,14H,3-9H2,1-2H3. The summed E-state index contributed by atoms with van der Waals surface area (Å²) in [5.74, 6) is 0.683. The molecule has 1 saturated heterocycles. The van der Waals surface area contributed by atoms with Gasteiger partial charge in [-0.15, -0.1) is 0 Å². The average molecular weight is 200 g/mol. The van der Waals surface area contributed by atoms with E-state index in [2.05, 4.69) is 24.1 Å². The van der Waals surface area contributed by atoms with Crippen LogP contribution < -0.4 is 5.32 Å². The Morgan fingerprint density at radius 2 is 2.29 bits per heavy atom. The molecule has 0 bridgehead atoms. The van der Waals surface area contributed by atoms with Gasteiger partial charge in [0.15, 0.2) is 0 Å². The summed E-state index contributed by atoms with van der Waals surface area (Å²) in [4.78, 5) is 2.37. The van der Waals surface area contributed by atoms with E-state index in [-0.39, 0.29) is 6.61 Å². The molecule has 1 atom stereocenters. The second-order valence-electron chi connectivity index (χ2n) is 4.67. The van der Waals surface area contributed by atoms with Crippen LogP contribution in [-0.2, 0) is 0 Å². The van der Waals surface area contributed by atoms with Gasteiger partial charge in [0.1, 0.15) is 0 Å². The predicted octanol–water partition coefficient (Wildman–Crippen LogP) is 0.689. The second kappa shape index (κ2) is 6.38. The van der Waals surface area contributed by atoms with E-state index in [9.17, 15) is 0 Å². The Morgan fingerprint density at radius 3 is 2.79 bits per heavy atom. The fraction of sp³-hybridized carbons (Fsp3) is 1.00. The first kappa shape index (κ1) is 12.0. The third-order valence-electron chi connectivity index (χ3n) is 2.68. The van der Waals surface area contributed by atoms with Crippen LogP contribution in [0, 0.1) is 5.92 Å². The minimum atomic E-state index is 0.277. The number of rotatable bonds is 6. The molecule has 1 aliphatic rings. The number of hydrogen-bond acceptors (Lipinski definition) is 3. The van der Waals surface area contributed by atoms with E-state index in [0.29, 0.717) is 12.0 Å². The lowest BCUT2D eigenvalue weighted by Gasteiger charge is -2.26. The molecule has 1 heterocycles. The van der Waals surface area contributed by atoms with E-state index < -0.39 is 0 Å². The highest BCUT2D eigenvalue weighted by Gasteiger charge is 2.17. The quantitative estimate of drug-likeness (QED) is 0.662. The number of aliphatic hydroxyl groups is 1. The van der Waals surface area contributed by atoms with E-state index in [0.717, 1.165) is 19.6 Å². The van der Waals surface area contributed by atoms with E-state index in [1.807, 2.05) is 0 Å². The molecule has 0 saturated carbocycles. The van der Waals surface area contributed by atoms with Crippen molar-refractivity contribution in [1.82, 2.24) is 10.2 Å². The zero-order chi connectivity index (χ0) is 10.4. The molecule has 14 heavy (non-hydrogen) atoms. The second-order valence-corrected chi connectivity index (χ2v) is 4.67. The maximum absolute atomic E-state index is 8.96. The molecule has 0 aromatic carbocycles. The molecular weight excluding hydrogens is 176 g/mol. The van der Waals surface area contributed by atoms with Gasteiger partial charge in [0.25, 0.3) is 0 Å². The molecule has 84 valence electrons. The van der Waals surface area contributed by atoms with Crippen LogP contribution in [0.2, 0.25) is 0 Å². The van der Waals surface area contributed by atoms with E-state index in [1.165, 1.54) is 19.4 Å². The van der Waals surface area contributed by atoms with Gasteiger partial charge in [-0.05, 0) is 25.3 Å². The highest BCUT2D eigenvalue weighted by Crippen LogP contribution is 2.08. The Morgan fingerprint density at radius 1 is 1.50 bits per heavy atom. The van der Waals surface area contributed by atoms with Gasteiger partial charge in [0, 0.05) is 25.7 Å². The van der Waals surface area contributed by atoms with Crippen molar-refractivity contribution in [2.24, 2.45) is 5.92 Å². The normalized spacial score (nSPS) is 22.5. The fourth-order valence-corrected chi connectivity index (χ4v) is 2.14. The van der Waals surface area contributed by atoms with Gasteiger partial charge in [0.2, 0.25) is 0 Å². The maximum atomic E-state index is 8.96. The van der Waals surface area contributed by atoms with Crippen molar-refractivity contribution in [3.8, 4) is 0 Å². The number of nitrogens with one attached hydrogen (secondary N) is 1. The molecule has 3 heteroatoms. The average Bonchev–Trinajstić information content (AvgIpc) is 2.56. The highest BCUT2D eigenvalue weighted by atomic mass is 16.3. The summed E-state index contributed by atoms with van der Waals surface area (Å²) in [6, 6.07) is 0.653. The van der Waals surface area contributed by atoms with E-state index in [1.54, 1.807) is 0 Å². The molecule has 0 amide bonds. The molecular formula is C11H24N2O. The predicted molar refractivity (Wildman–Crippen MR) is 59.4 cm³/mol. The first-order valence-corrected chi connectivity index (χ1v) is 5.79. The smallest absolute Gasteiger partial charge is 0.0558 e. The van der Waals surface area contributed by atoms with E-state index >= 15 is 0 Å². The summed E-state index contributed by atoms with van der Waals surface area (Å²) in [7, 11) is 0. The Bertz CT molecular complexity index is 144. The van der Waals surface area contributed by atoms with Crippen molar-refractivity contribution in [3.05, 3.63) is 0 Å². The van der Waals surface area contributed by atoms with Gasteiger partial charge in [-0.1, -0.05) is 13.8 Å². The van der Waals surface area contributed by atoms with Crippen LogP contribution in [0.25, 0.3) is 0 Å². The van der Waals surface area contributed by atoms with Crippen LogP contribution in [0.4, 0.5) is 0 Å². The van der Waals surface area contributed by atoms with Crippen LogP contribution in [0.3, 0.4) is 0 Å². The monoisotopic (exact) mass is 200 g/mol. The summed E-state index contributed by atoms with van der Waals surface area (Å²) in [6.07, 6.45) is 2.60. The summed E-state index contributed by atoms with van der Waals surface area (Å²) in [6.45, 7) is 8.91. The minimum absolute atomic E-state index is 0.277. The van der Waals surface area contributed by atoms with Crippen molar-refractivity contribution in [2.75, 3.05) is 32.8 Å². The summed E-state index contributed by atoms with van der Waals surface area (Å²) < 4.78 is 0. The molecule has 1 unspecified atom stereocenters.